The van der Waals surface area contributed by atoms with Gasteiger partial charge in [-0.25, -0.2) is 4.98 Å². The first-order valence-electron chi connectivity index (χ1n) is 5.62. The molecule has 2 atom stereocenters. The quantitative estimate of drug-likeness (QED) is 0.818. The number of rotatable bonds is 2. The zero-order valence-corrected chi connectivity index (χ0v) is 10.4. The zero-order chi connectivity index (χ0) is 11.5. The van der Waals surface area contributed by atoms with E-state index in [9.17, 15) is 4.79 Å². The van der Waals surface area contributed by atoms with E-state index in [0.29, 0.717) is 17.0 Å². The highest BCUT2D eigenvalue weighted by molar-refractivity contribution is 7.13. The van der Waals surface area contributed by atoms with Gasteiger partial charge in [0.05, 0.1) is 11.2 Å². The predicted octanol–water partition coefficient (Wildman–Crippen LogP) is 1.32. The smallest absolute Gasteiger partial charge is 0.263 e. The number of carbonyl (C=O) groups excluding carboxylic acids is 1. The van der Waals surface area contributed by atoms with E-state index in [4.69, 9.17) is 0 Å². The lowest BCUT2D eigenvalue weighted by Crippen LogP contribution is -2.46. The number of piperidine rings is 1. The van der Waals surface area contributed by atoms with Crippen LogP contribution in [0.5, 0.6) is 0 Å². The van der Waals surface area contributed by atoms with Crippen LogP contribution in [0, 0.1) is 6.92 Å². The molecule has 1 amide bonds. The van der Waals surface area contributed by atoms with Crippen molar-refractivity contribution < 1.29 is 4.79 Å². The van der Waals surface area contributed by atoms with Crippen LogP contribution in [-0.4, -0.2) is 29.5 Å². The fraction of sp³-hybridized carbons (Fsp3) is 0.636. The number of aryl methyl sites for hydroxylation is 1. The second kappa shape index (κ2) is 4.93. The maximum atomic E-state index is 11.9. The van der Waals surface area contributed by atoms with Crippen LogP contribution in [0.25, 0.3) is 0 Å². The molecule has 2 rings (SSSR count). The average Bonchev–Trinajstić information content (AvgIpc) is 2.65. The maximum absolute atomic E-state index is 11.9. The van der Waals surface area contributed by atoms with Crippen LogP contribution < -0.4 is 10.6 Å². The summed E-state index contributed by atoms with van der Waals surface area (Å²) in [5, 5.41) is 7.37. The molecule has 1 aliphatic rings. The highest BCUT2D eigenvalue weighted by atomic mass is 32.1. The van der Waals surface area contributed by atoms with Gasteiger partial charge in [0, 0.05) is 12.1 Å². The molecular formula is C11H17N3OS. The number of amides is 1. The third-order valence-corrected chi connectivity index (χ3v) is 3.72. The average molecular weight is 239 g/mol. The molecule has 2 N–H and O–H groups in total. The van der Waals surface area contributed by atoms with Gasteiger partial charge in [-0.05, 0) is 33.2 Å². The summed E-state index contributed by atoms with van der Waals surface area (Å²) in [6.07, 6.45) is 3.66. The first-order chi connectivity index (χ1) is 7.65. The van der Waals surface area contributed by atoms with Gasteiger partial charge in [0.1, 0.15) is 4.88 Å². The molecule has 0 radical (unpaired) electrons. The fourth-order valence-corrected chi connectivity index (χ4v) is 2.67. The molecule has 0 spiro atoms. The molecule has 2 heterocycles. The van der Waals surface area contributed by atoms with Crippen molar-refractivity contribution in [3.05, 3.63) is 16.1 Å². The molecular weight excluding hydrogens is 222 g/mol. The van der Waals surface area contributed by atoms with Crippen LogP contribution in [0.4, 0.5) is 0 Å². The largest absolute Gasteiger partial charge is 0.348 e. The van der Waals surface area contributed by atoms with Crippen molar-refractivity contribution in [2.24, 2.45) is 0 Å². The van der Waals surface area contributed by atoms with Gasteiger partial charge in [0.25, 0.3) is 5.91 Å². The minimum absolute atomic E-state index is 0.0182. The van der Waals surface area contributed by atoms with Gasteiger partial charge in [-0.2, -0.15) is 0 Å². The zero-order valence-electron chi connectivity index (χ0n) is 9.62. The van der Waals surface area contributed by atoms with E-state index in [1.807, 2.05) is 6.92 Å². The molecule has 2 unspecified atom stereocenters. The van der Waals surface area contributed by atoms with Crippen molar-refractivity contribution in [2.75, 3.05) is 6.54 Å². The van der Waals surface area contributed by atoms with Gasteiger partial charge < -0.3 is 10.6 Å². The second-order valence-corrected chi connectivity index (χ2v) is 5.53. The monoisotopic (exact) mass is 239 g/mol. The van der Waals surface area contributed by atoms with Crippen LogP contribution in [-0.2, 0) is 0 Å². The third-order valence-electron chi connectivity index (χ3n) is 2.80. The van der Waals surface area contributed by atoms with Gasteiger partial charge >= 0.3 is 0 Å². The molecule has 1 aromatic rings. The Labute approximate surface area is 99.5 Å². The summed E-state index contributed by atoms with van der Waals surface area (Å²) in [6, 6.07) is 0.786. The minimum Gasteiger partial charge on any atom is -0.348 e. The van der Waals surface area contributed by atoms with E-state index in [-0.39, 0.29) is 5.91 Å². The number of carbonyl (C=O) groups is 1. The lowest BCUT2D eigenvalue weighted by Gasteiger charge is -2.28. The van der Waals surface area contributed by atoms with Crippen LogP contribution in [0.2, 0.25) is 0 Å². The summed E-state index contributed by atoms with van der Waals surface area (Å²) in [5.41, 5.74) is 0. The molecule has 88 valence electrons. The summed E-state index contributed by atoms with van der Waals surface area (Å²) in [7, 11) is 0. The number of thiazole rings is 1. The lowest BCUT2D eigenvalue weighted by molar-refractivity contribution is 0.0929. The van der Waals surface area contributed by atoms with E-state index in [1.165, 1.54) is 11.3 Å². The van der Waals surface area contributed by atoms with E-state index in [2.05, 4.69) is 22.5 Å². The second-order valence-electron chi connectivity index (χ2n) is 4.29. The SMILES string of the molecule is Cc1ncc(C(=O)NC2CCNC(C)C2)s1. The maximum Gasteiger partial charge on any atom is 0.263 e. The Kier molecular flexibility index (Phi) is 3.56. The highest BCUT2D eigenvalue weighted by Crippen LogP contribution is 2.13. The highest BCUT2D eigenvalue weighted by Gasteiger charge is 2.21. The Morgan fingerprint density at radius 1 is 1.69 bits per heavy atom. The van der Waals surface area contributed by atoms with Gasteiger partial charge in [-0.3, -0.25) is 4.79 Å². The van der Waals surface area contributed by atoms with Crippen molar-refractivity contribution in [2.45, 2.75) is 38.8 Å². The standard InChI is InChI=1S/C11H17N3OS/c1-7-5-9(3-4-12-7)14-11(15)10-6-13-8(2)16-10/h6-7,9,12H,3-5H2,1-2H3,(H,14,15). The molecule has 1 aromatic heterocycles. The predicted molar refractivity (Wildman–Crippen MR) is 64.8 cm³/mol. The van der Waals surface area contributed by atoms with E-state index >= 15 is 0 Å². The molecule has 1 saturated heterocycles. The summed E-state index contributed by atoms with van der Waals surface area (Å²) >= 11 is 1.45. The molecule has 0 saturated carbocycles. The molecule has 16 heavy (non-hydrogen) atoms. The van der Waals surface area contributed by atoms with Gasteiger partial charge in [-0.15, -0.1) is 11.3 Å². The Bertz CT molecular complexity index is 377. The molecule has 0 aromatic carbocycles. The molecule has 4 nitrogen and oxygen atoms in total. The van der Waals surface area contributed by atoms with Crippen LogP contribution >= 0.6 is 11.3 Å². The summed E-state index contributed by atoms with van der Waals surface area (Å²) in [4.78, 5) is 16.7. The molecule has 5 heteroatoms. The van der Waals surface area contributed by atoms with Crippen LogP contribution in [0.3, 0.4) is 0 Å². The summed E-state index contributed by atoms with van der Waals surface area (Å²) in [6.45, 7) is 5.04. The van der Waals surface area contributed by atoms with Crippen LogP contribution in [0.1, 0.15) is 34.4 Å². The van der Waals surface area contributed by atoms with Gasteiger partial charge in [-0.1, -0.05) is 0 Å². The van der Waals surface area contributed by atoms with Crippen LogP contribution in [0.15, 0.2) is 6.20 Å². The van der Waals surface area contributed by atoms with Gasteiger partial charge in [0.15, 0.2) is 0 Å². The minimum atomic E-state index is 0.0182. The molecule has 0 bridgehead atoms. The van der Waals surface area contributed by atoms with Gasteiger partial charge in [0.2, 0.25) is 0 Å². The first kappa shape index (κ1) is 11.5. The number of hydrogen-bond donors (Lipinski definition) is 2. The molecule has 1 aliphatic heterocycles. The van der Waals surface area contributed by atoms with Crippen molar-refractivity contribution in [1.29, 1.82) is 0 Å². The fourth-order valence-electron chi connectivity index (χ4n) is 1.99. The first-order valence-corrected chi connectivity index (χ1v) is 6.43. The van der Waals surface area contributed by atoms with Crippen molar-refractivity contribution >= 4 is 17.2 Å². The van der Waals surface area contributed by atoms with Crippen molar-refractivity contribution in [3.63, 3.8) is 0 Å². The number of hydrogen-bond acceptors (Lipinski definition) is 4. The third kappa shape index (κ3) is 2.80. The number of nitrogens with one attached hydrogen (secondary N) is 2. The van der Waals surface area contributed by atoms with E-state index < -0.39 is 0 Å². The van der Waals surface area contributed by atoms with E-state index in [1.54, 1.807) is 6.20 Å². The molecule has 0 aliphatic carbocycles. The van der Waals surface area contributed by atoms with E-state index in [0.717, 1.165) is 24.4 Å². The lowest BCUT2D eigenvalue weighted by atomic mass is 10.0. The summed E-state index contributed by atoms with van der Waals surface area (Å²) in [5.74, 6) is 0.0182. The topological polar surface area (TPSA) is 54.0 Å². The van der Waals surface area contributed by atoms with Crippen molar-refractivity contribution in [1.82, 2.24) is 15.6 Å². The Hall–Kier alpha value is -0.940. The van der Waals surface area contributed by atoms with Crippen molar-refractivity contribution in [3.8, 4) is 0 Å². The Balaban J connectivity index is 1.92. The Morgan fingerprint density at radius 3 is 3.12 bits per heavy atom. The number of nitrogens with zero attached hydrogens (tertiary/aromatic N) is 1. The Morgan fingerprint density at radius 2 is 2.50 bits per heavy atom. The normalized spacial score (nSPS) is 25.4. The number of aromatic nitrogens is 1. The summed E-state index contributed by atoms with van der Waals surface area (Å²) < 4.78 is 0. The molecule has 1 fully saturated rings.